The lowest BCUT2D eigenvalue weighted by atomic mass is 10.1. The van der Waals surface area contributed by atoms with E-state index in [9.17, 15) is 9.59 Å². The second-order valence-electron chi connectivity index (χ2n) is 4.53. The molecular formula is C15H21NO4. The molecule has 1 rings (SSSR count). The quantitative estimate of drug-likeness (QED) is 0.748. The van der Waals surface area contributed by atoms with Gasteiger partial charge in [-0.2, -0.15) is 0 Å². The van der Waals surface area contributed by atoms with Gasteiger partial charge in [0.25, 0.3) is 5.91 Å². The van der Waals surface area contributed by atoms with Crippen molar-refractivity contribution < 1.29 is 19.1 Å². The van der Waals surface area contributed by atoms with E-state index in [4.69, 9.17) is 4.74 Å². The normalized spacial score (nSPS) is 10.2. The van der Waals surface area contributed by atoms with Crippen molar-refractivity contribution in [3.8, 4) is 5.75 Å². The standard InChI is InChI=1S/C15H21NO4/c1-5-20-13-9-7-6-8-12(13)15(18)16(11(2)3)10-14(17)19-4/h6-9,11H,5,10H2,1-4H3. The van der Waals surface area contributed by atoms with E-state index < -0.39 is 5.97 Å². The molecule has 0 radical (unpaired) electrons. The number of carbonyl (C=O) groups excluding carboxylic acids is 2. The van der Waals surface area contributed by atoms with Crippen LogP contribution in [0.25, 0.3) is 0 Å². The van der Waals surface area contributed by atoms with Crippen LogP contribution in [-0.4, -0.2) is 43.1 Å². The van der Waals surface area contributed by atoms with Crippen LogP contribution in [0.4, 0.5) is 0 Å². The molecule has 0 atom stereocenters. The largest absolute Gasteiger partial charge is 0.493 e. The molecule has 0 aromatic heterocycles. The number of para-hydroxylation sites is 1. The highest BCUT2D eigenvalue weighted by molar-refractivity contribution is 5.98. The fourth-order valence-electron chi connectivity index (χ4n) is 1.77. The minimum atomic E-state index is -0.444. The van der Waals surface area contributed by atoms with Gasteiger partial charge in [-0.15, -0.1) is 0 Å². The second-order valence-corrected chi connectivity index (χ2v) is 4.53. The van der Waals surface area contributed by atoms with Crippen LogP contribution in [0.5, 0.6) is 5.75 Å². The van der Waals surface area contributed by atoms with Crippen LogP contribution in [-0.2, 0) is 9.53 Å². The van der Waals surface area contributed by atoms with Gasteiger partial charge in [0, 0.05) is 6.04 Å². The lowest BCUT2D eigenvalue weighted by molar-refractivity contribution is -0.141. The minimum Gasteiger partial charge on any atom is -0.493 e. The van der Waals surface area contributed by atoms with Crippen molar-refractivity contribution in [3.05, 3.63) is 29.8 Å². The molecule has 0 saturated carbocycles. The smallest absolute Gasteiger partial charge is 0.325 e. The molecular weight excluding hydrogens is 258 g/mol. The van der Waals surface area contributed by atoms with Gasteiger partial charge in [0.1, 0.15) is 12.3 Å². The van der Waals surface area contributed by atoms with Gasteiger partial charge in [0.15, 0.2) is 0 Å². The molecule has 0 N–H and O–H groups in total. The second kappa shape index (κ2) is 7.53. The predicted molar refractivity (Wildman–Crippen MR) is 75.8 cm³/mol. The molecule has 0 saturated heterocycles. The summed E-state index contributed by atoms with van der Waals surface area (Å²) in [6, 6.07) is 6.90. The summed E-state index contributed by atoms with van der Waals surface area (Å²) in [6.45, 7) is 5.96. The Labute approximate surface area is 119 Å². The van der Waals surface area contributed by atoms with Crippen LogP contribution in [0, 0.1) is 0 Å². The summed E-state index contributed by atoms with van der Waals surface area (Å²) in [5.41, 5.74) is 0.451. The summed E-state index contributed by atoms with van der Waals surface area (Å²) in [6.07, 6.45) is 0. The van der Waals surface area contributed by atoms with Crippen LogP contribution in [0.15, 0.2) is 24.3 Å². The van der Waals surface area contributed by atoms with Crippen molar-refractivity contribution in [1.82, 2.24) is 4.90 Å². The number of hydrogen-bond acceptors (Lipinski definition) is 4. The Kier molecular flexibility index (Phi) is 6.03. The van der Waals surface area contributed by atoms with Crippen molar-refractivity contribution in [2.24, 2.45) is 0 Å². The van der Waals surface area contributed by atoms with Crippen LogP contribution >= 0.6 is 0 Å². The molecule has 1 aromatic carbocycles. The zero-order valence-corrected chi connectivity index (χ0v) is 12.4. The third-order valence-corrected chi connectivity index (χ3v) is 2.83. The molecule has 1 amide bonds. The van der Waals surface area contributed by atoms with Crippen LogP contribution in [0.3, 0.4) is 0 Å². The van der Waals surface area contributed by atoms with E-state index in [1.54, 1.807) is 18.2 Å². The summed E-state index contributed by atoms with van der Waals surface area (Å²) in [4.78, 5) is 25.5. The fraction of sp³-hybridized carbons (Fsp3) is 0.467. The number of carbonyl (C=O) groups is 2. The number of amides is 1. The third-order valence-electron chi connectivity index (χ3n) is 2.83. The summed E-state index contributed by atoms with van der Waals surface area (Å²) >= 11 is 0. The van der Waals surface area contributed by atoms with Gasteiger partial charge < -0.3 is 14.4 Å². The van der Waals surface area contributed by atoms with Gasteiger partial charge in [-0.05, 0) is 32.9 Å². The Balaban J connectivity index is 3.03. The third kappa shape index (κ3) is 3.98. The van der Waals surface area contributed by atoms with Crippen molar-refractivity contribution >= 4 is 11.9 Å². The first-order valence-electron chi connectivity index (χ1n) is 6.60. The molecule has 0 unspecified atom stereocenters. The Morgan fingerprint density at radius 3 is 2.45 bits per heavy atom. The monoisotopic (exact) mass is 279 g/mol. The maximum atomic E-state index is 12.6. The fourth-order valence-corrected chi connectivity index (χ4v) is 1.77. The average Bonchev–Trinajstić information content (AvgIpc) is 2.44. The molecule has 0 fully saturated rings. The maximum Gasteiger partial charge on any atom is 0.325 e. The topological polar surface area (TPSA) is 55.8 Å². The van der Waals surface area contributed by atoms with Crippen molar-refractivity contribution in [3.63, 3.8) is 0 Å². The van der Waals surface area contributed by atoms with E-state index in [1.165, 1.54) is 12.0 Å². The zero-order chi connectivity index (χ0) is 15.1. The molecule has 0 aliphatic carbocycles. The van der Waals surface area contributed by atoms with Crippen molar-refractivity contribution in [2.75, 3.05) is 20.3 Å². The first kappa shape index (κ1) is 16.0. The van der Waals surface area contributed by atoms with Gasteiger partial charge in [0.05, 0.1) is 19.3 Å². The molecule has 0 heterocycles. The first-order valence-corrected chi connectivity index (χ1v) is 6.60. The minimum absolute atomic E-state index is 0.0759. The van der Waals surface area contributed by atoms with E-state index in [-0.39, 0.29) is 18.5 Å². The highest BCUT2D eigenvalue weighted by Gasteiger charge is 2.24. The van der Waals surface area contributed by atoms with E-state index in [0.29, 0.717) is 17.9 Å². The Hall–Kier alpha value is -2.04. The van der Waals surface area contributed by atoms with Crippen LogP contribution < -0.4 is 4.74 Å². The SMILES string of the molecule is CCOc1ccccc1C(=O)N(CC(=O)OC)C(C)C. The summed E-state index contributed by atoms with van der Waals surface area (Å²) < 4.78 is 10.1. The number of methoxy groups -OCH3 is 1. The number of rotatable bonds is 6. The number of benzene rings is 1. The summed E-state index contributed by atoms with van der Waals surface area (Å²) in [7, 11) is 1.31. The molecule has 20 heavy (non-hydrogen) atoms. The van der Waals surface area contributed by atoms with Gasteiger partial charge >= 0.3 is 5.97 Å². The van der Waals surface area contributed by atoms with Gasteiger partial charge in [-0.25, -0.2) is 0 Å². The lowest BCUT2D eigenvalue weighted by Gasteiger charge is -2.26. The molecule has 5 nitrogen and oxygen atoms in total. The predicted octanol–water partition coefficient (Wildman–Crippen LogP) is 2.11. The van der Waals surface area contributed by atoms with Crippen molar-refractivity contribution in [1.29, 1.82) is 0 Å². The molecule has 5 heteroatoms. The Morgan fingerprint density at radius 2 is 1.90 bits per heavy atom. The van der Waals surface area contributed by atoms with Crippen LogP contribution in [0.1, 0.15) is 31.1 Å². The number of esters is 1. The molecule has 1 aromatic rings. The first-order chi connectivity index (χ1) is 9.51. The molecule has 110 valence electrons. The van der Waals surface area contributed by atoms with Crippen LogP contribution in [0.2, 0.25) is 0 Å². The lowest BCUT2D eigenvalue weighted by Crippen LogP contribution is -2.41. The molecule has 0 bridgehead atoms. The van der Waals surface area contributed by atoms with E-state index >= 15 is 0 Å². The van der Waals surface area contributed by atoms with E-state index in [0.717, 1.165) is 0 Å². The van der Waals surface area contributed by atoms with Crippen molar-refractivity contribution in [2.45, 2.75) is 26.8 Å². The van der Waals surface area contributed by atoms with Gasteiger partial charge in [0.2, 0.25) is 0 Å². The number of ether oxygens (including phenoxy) is 2. The highest BCUT2D eigenvalue weighted by atomic mass is 16.5. The van der Waals surface area contributed by atoms with Gasteiger partial charge in [-0.3, -0.25) is 9.59 Å². The number of hydrogen-bond donors (Lipinski definition) is 0. The van der Waals surface area contributed by atoms with E-state index in [1.807, 2.05) is 26.8 Å². The van der Waals surface area contributed by atoms with E-state index in [2.05, 4.69) is 4.74 Å². The zero-order valence-electron chi connectivity index (χ0n) is 12.4. The van der Waals surface area contributed by atoms with Gasteiger partial charge in [-0.1, -0.05) is 12.1 Å². The summed E-state index contributed by atoms with van der Waals surface area (Å²) in [5.74, 6) is -0.161. The number of nitrogens with zero attached hydrogens (tertiary/aromatic N) is 1. The average molecular weight is 279 g/mol. The molecule has 0 spiro atoms. The molecule has 0 aliphatic heterocycles. The Morgan fingerprint density at radius 1 is 1.25 bits per heavy atom. The highest BCUT2D eigenvalue weighted by Crippen LogP contribution is 2.20. The summed E-state index contributed by atoms with van der Waals surface area (Å²) in [5, 5.41) is 0. The Bertz CT molecular complexity index is 471. The maximum absolute atomic E-state index is 12.6. The molecule has 0 aliphatic rings.